The van der Waals surface area contributed by atoms with Gasteiger partial charge in [0.1, 0.15) is 0 Å². The van der Waals surface area contributed by atoms with Gasteiger partial charge in [0.05, 0.1) is 11.6 Å². The van der Waals surface area contributed by atoms with E-state index in [1.54, 1.807) is 0 Å². The molecule has 0 unspecified atom stereocenters. The molecule has 0 fully saturated rings. The normalized spacial score (nSPS) is 9.88. The predicted octanol–water partition coefficient (Wildman–Crippen LogP) is 3.33. The number of benzene rings is 2. The Balaban J connectivity index is 2.67. The van der Waals surface area contributed by atoms with Crippen molar-refractivity contribution < 1.29 is 0 Å². The number of rotatable bonds is 3. The molecule has 0 aromatic heterocycles. The highest BCUT2D eigenvalue weighted by Gasteiger charge is 2.07. The van der Waals surface area contributed by atoms with Crippen molar-refractivity contribution in [1.82, 2.24) is 0 Å². The van der Waals surface area contributed by atoms with Crippen molar-refractivity contribution in [3.05, 3.63) is 54.6 Å². The average Bonchev–Trinajstić information content (AvgIpc) is 2.37. The van der Waals surface area contributed by atoms with Gasteiger partial charge in [-0.2, -0.15) is 5.26 Å². The van der Waals surface area contributed by atoms with Gasteiger partial charge in [0.2, 0.25) is 0 Å². The minimum absolute atomic E-state index is 0.719. The summed E-state index contributed by atoms with van der Waals surface area (Å²) in [6.45, 7) is 4.53. The maximum Gasteiger partial charge on any atom is 0.0998 e. The van der Waals surface area contributed by atoms with Gasteiger partial charge in [-0.15, -0.1) is 6.58 Å². The second-order valence-corrected chi connectivity index (χ2v) is 3.96. The van der Waals surface area contributed by atoms with Gasteiger partial charge >= 0.3 is 0 Å². The highest BCUT2D eigenvalue weighted by atomic mass is 15.1. The molecule has 0 amide bonds. The Bertz CT molecular complexity index is 593. The Hall–Kier alpha value is -2.27. The minimum Gasteiger partial charge on any atom is -0.370 e. The molecule has 2 nitrogen and oxygen atoms in total. The Labute approximate surface area is 101 Å². The standard InChI is InChI=1S/C15H14N2/c1-3-10-17(2)15-9-8-12(11-16)13-6-4-5-7-14(13)15/h3-9H,1,10H2,2H3. The van der Waals surface area contributed by atoms with Crippen molar-refractivity contribution in [2.45, 2.75) is 0 Å². The van der Waals surface area contributed by atoms with Crippen molar-refractivity contribution in [3.63, 3.8) is 0 Å². The molecule has 84 valence electrons. The number of nitrogens with zero attached hydrogens (tertiary/aromatic N) is 2. The summed E-state index contributed by atoms with van der Waals surface area (Å²) in [4.78, 5) is 2.12. The topological polar surface area (TPSA) is 27.0 Å². The molecule has 0 aliphatic carbocycles. The zero-order valence-electron chi connectivity index (χ0n) is 9.85. The Morgan fingerprint density at radius 1 is 1.24 bits per heavy atom. The van der Waals surface area contributed by atoms with E-state index in [0.29, 0.717) is 0 Å². The Kier molecular flexibility index (Phi) is 3.11. The fourth-order valence-electron chi connectivity index (χ4n) is 2.01. The third-order valence-corrected chi connectivity index (χ3v) is 2.84. The molecule has 0 N–H and O–H groups in total. The molecule has 2 aromatic rings. The van der Waals surface area contributed by atoms with E-state index in [2.05, 4.69) is 17.5 Å². The fraction of sp³-hybridized carbons (Fsp3) is 0.133. The number of hydrogen-bond acceptors (Lipinski definition) is 2. The van der Waals surface area contributed by atoms with Gasteiger partial charge in [0.25, 0.3) is 0 Å². The van der Waals surface area contributed by atoms with Crippen LogP contribution < -0.4 is 4.90 Å². The van der Waals surface area contributed by atoms with E-state index in [0.717, 1.165) is 28.6 Å². The van der Waals surface area contributed by atoms with Gasteiger partial charge in [0, 0.05) is 30.1 Å². The largest absolute Gasteiger partial charge is 0.370 e. The van der Waals surface area contributed by atoms with Crippen LogP contribution in [0.4, 0.5) is 5.69 Å². The van der Waals surface area contributed by atoms with Crippen molar-refractivity contribution in [3.8, 4) is 6.07 Å². The summed E-state index contributed by atoms with van der Waals surface area (Å²) in [6.07, 6.45) is 1.87. The first-order valence-electron chi connectivity index (χ1n) is 5.52. The molecule has 0 spiro atoms. The van der Waals surface area contributed by atoms with Crippen molar-refractivity contribution in [2.75, 3.05) is 18.5 Å². The Morgan fingerprint density at radius 2 is 1.94 bits per heavy atom. The first-order valence-corrected chi connectivity index (χ1v) is 5.52. The highest BCUT2D eigenvalue weighted by Crippen LogP contribution is 2.28. The maximum absolute atomic E-state index is 9.09. The van der Waals surface area contributed by atoms with E-state index in [1.165, 1.54) is 0 Å². The molecule has 2 rings (SSSR count). The quantitative estimate of drug-likeness (QED) is 0.745. The molecule has 0 atom stereocenters. The van der Waals surface area contributed by atoms with Crippen LogP contribution in [0.25, 0.3) is 10.8 Å². The molecule has 17 heavy (non-hydrogen) atoms. The molecule has 0 aliphatic rings. The molecule has 2 aromatic carbocycles. The molecular formula is C15H14N2. The molecule has 0 radical (unpaired) electrons. The van der Waals surface area contributed by atoms with E-state index in [9.17, 15) is 0 Å². The summed E-state index contributed by atoms with van der Waals surface area (Å²) < 4.78 is 0. The van der Waals surface area contributed by atoms with Gasteiger partial charge in [-0.05, 0) is 12.1 Å². The van der Waals surface area contributed by atoms with E-state index in [-0.39, 0.29) is 0 Å². The minimum atomic E-state index is 0.719. The first-order chi connectivity index (χ1) is 8.27. The summed E-state index contributed by atoms with van der Waals surface area (Å²) in [5.41, 5.74) is 1.84. The molecule has 2 heteroatoms. The van der Waals surface area contributed by atoms with Crippen molar-refractivity contribution >= 4 is 16.5 Å². The number of likely N-dealkylation sites (N-methyl/N-ethyl adjacent to an activating group) is 1. The lowest BCUT2D eigenvalue weighted by molar-refractivity contribution is 1.04. The van der Waals surface area contributed by atoms with Gasteiger partial charge in [-0.3, -0.25) is 0 Å². The third kappa shape index (κ3) is 2.00. The van der Waals surface area contributed by atoms with E-state index in [4.69, 9.17) is 5.26 Å². The number of hydrogen-bond donors (Lipinski definition) is 0. The summed E-state index contributed by atoms with van der Waals surface area (Å²) >= 11 is 0. The van der Waals surface area contributed by atoms with E-state index in [1.807, 2.05) is 49.5 Å². The highest BCUT2D eigenvalue weighted by molar-refractivity contribution is 5.97. The monoisotopic (exact) mass is 222 g/mol. The molecular weight excluding hydrogens is 208 g/mol. The number of fused-ring (bicyclic) bond motifs is 1. The Morgan fingerprint density at radius 3 is 2.59 bits per heavy atom. The van der Waals surface area contributed by atoms with E-state index >= 15 is 0 Å². The fourth-order valence-corrected chi connectivity index (χ4v) is 2.01. The molecule has 0 aliphatic heterocycles. The SMILES string of the molecule is C=CCN(C)c1ccc(C#N)c2ccccc12. The van der Waals surface area contributed by atoms with Crippen LogP contribution in [-0.4, -0.2) is 13.6 Å². The summed E-state index contributed by atoms with van der Waals surface area (Å²) in [6, 6.07) is 14.1. The van der Waals surface area contributed by atoms with Crippen LogP contribution in [0.15, 0.2) is 49.1 Å². The second kappa shape index (κ2) is 4.71. The zero-order chi connectivity index (χ0) is 12.3. The van der Waals surface area contributed by atoms with Gasteiger partial charge in [0.15, 0.2) is 0 Å². The smallest absolute Gasteiger partial charge is 0.0998 e. The lowest BCUT2D eigenvalue weighted by Crippen LogP contribution is -2.16. The number of anilines is 1. The second-order valence-electron chi connectivity index (χ2n) is 3.96. The van der Waals surface area contributed by atoms with Gasteiger partial charge in [-0.1, -0.05) is 30.3 Å². The van der Waals surface area contributed by atoms with E-state index < -0.39 is 0 Å². The lowest BCUT2D eigenvalue weighted by Gasteiger charge is -2.19. The zero-order valence-corrected chi connectivity index (χ0v) is 9.85. The van der Waals surface area contributed by atoms with Crippen LogP contribution >= 0.6 is 0 Å². The average molecular weight is 222 g/mol. The van der Waals surface area contributed by atoms with Crippen LogP contribution in [0, 0.1) is 11.3 Å². The maximum atomic E-state index is 9.09. The lowest BCUT2D eigenvalue weighted by atomic mass is 10.0. The molecule has 0 bridgehead atoms. The van der Waals surface area contributed by atoms with Crippen molar-refractivity contribution in [1.29, 1.82) is 5.26 Å². The summed E-state index contributed by atoms with van der Waals surface area (Å²) in [7, 11) is 2.02. The van der Waals surface area contributed by atoms with Crippen LogP contribution in [0.1, 0.15) is 5.56 Å². The molecule has 0 saturated heterocycles. The van der Waals surface area contributed by atoms with Crippen LogP contribution in [0.3, 0.4) is 0 Å². The molecule has 0 saturated carbocycles. The van der Waals surface area contributed by atoms with Crippen LogP contribution in [-0.2, 0) is 0 Å². The summed E-state index contributed by atoms with van der Waals surface area (Å²) in [5.74, 6) is 0. The predicted molar refractivity (Wildman–Crippen MR) is 72.1 cm³/mol. The van der Waals surface area contributed by atoms with Crippen LogP contribution in [0.5, 0.6) is 0 Å². The van der Waals surface area contributed by atoms with Crippen LogP contribution in [0.2, 0.25) is 0 Å². The third-order valence-electron chi connectivity index (χ3n) is 2.84. The molecule has 0 heterocycles. The van der Waals surface area contributed by atoms with Gasteiger partial charge in [-0.25, -0.2) is 0 Å². The van der Waals surface area contributed by atoms with Gasteiger partial charge < -0.3 is 4.90 Å². The number of nitriles is 1. The first kappa shape index (κ1) is 11.2. The van der Waals surface area contributed by atoms with Crippen molar-refractivity contribution in [2.24, 2.45) is 0 Å². The summed E-state index contributed by atoms with van der Waals surface area (Å²) in [5, 5.41) is 11.2.